The maximum absolute atomic E-state index is 12.5. The Bertz CT molecular complexity index is 1020. The van der Waals surface area contributed by atoms with Crippen molar-refractivity contribution in [2.75, 3.05) is 13.2 Å². The molecule has 0 bridgehead atoms. The van der Waals surface area contributed by atoms with Crippen LogP contribution < -0.4 is 5.32 Å². The first-order valence-electron chi connectivity index (χ1n) is 9.69. The third-order valence-corrected chi connectivity index (χ3v) is 5.50. The number of carbonyl (C=O) groups is 1. The summed E-state index contributed by atoms with van der Waals surface area (Å²) in [6, 6.07) is 12.9. The van der Waals surface area contributed by atoms with Crippen molar-refractivity contribution < 1.29 is 14.6 Å². The number of rotatable bonds is 5. The van der Waals surface area contributed by atoms with E-state index >= 15 is 0 Å². The second-order valence-electron chi connectivity index (χ2n) is 7.32. The van der Waals surface area contributed by atoms with Crippen molar-refractivity contribution >= 4 is 28.4 Å². The van der Waals surface area contributed by atoms with E-state index in [1.807, 2.05) is 30.3 Å². The molecule has 1 aliphatic heterocycles. The van der Waals surface area contributed by atoms with E-state index in [0.29, 0.717) is 28.4 Å². The number of nitrogens with zero attached hydrogens (tertiary/aromatic N) is 2. The zero-order chi connectivity index (χ0) is 20.2. The summed E-state index contributed by atoms with van der Waals surface area (Å²) < 4.78 is 5.42. The Kier molecular flexibility index (Phi) is 5.92. The number of carbonyl (C=O) groups excluding carboxylic acids is 1. The topological polar surface area (TPSA) is 84.3 Å². The SMILES string of the molecule is O=C(NCc1ccc(Cl)cc1)c1nnc2ccc(CC3CCOCC3)cc2c1O. The monoisotopic (exact) mass is 411 g/mol. The smallest absolute Gasteiger partial charge is 0.275 e. The van der Waals surface area contributed by atoms with Crippen LogP contribution in [0.15, 0.2) is 42.5 Å². The molecule has 1 aliphatic rings. The fourth-order valence-corrected chi connectivity index (χ4v) is 3.70. The number of hydrogen-bond acceptors (Lipinski definition) is 5. The average molecular weight is 412 g/mol. The Morgan fingerprint density at radius 1 is 1.10 bits per heavy atom. The maximum atomic E-state index is 12.5. The van der Waals surface area contributed by atoms with Crippen molar-refractivity contribution in [2.24, 2.45) is 5.92 Å². The zero-order valence-electron chi connectivity index (χ0n) is 15.9. The lowest BCUT2D eigenvalue weighted by atomic mass is 9.92. The molecule has 2 N–H and O–H groups in total. The zero-order valence-corrected chi connectivity index (χ0v) is 16.7. The number of hydrogen-bond donors (Lipinski definition) is 2. The molecule has 3 aromatic rings. The van der Waals surface area contributed by atoms with Gasteiger partial charge in [0.2, 0.25) is 0 Å². The molecule has 1 fully saturated rings. The summed E-state index contributed by atoms with van der Waals surface area (Å²) in [6.45, 7) is 1.90. The summed E-state index contributed by atoms with van der Waals surface area (Å²) in [4.78, 5) is 12.5. The Labute approximate surface area is 173 Å². The van der Waals surface area contributed by atoms with E-state index in [1.165, 1.54) is 0 Å². The van der Waals surface area contributed by atoms with Crippen LogP contribution in [0.3, 0.4) is 0 Å². The normalized spacial score (nSPS) is 14.8. The van der Waals surface area contributed by atoms with Crippen molar-refractivity contribution in [1.82, 2.24) is 15.5 Å². The molecule has 150 valence electrons. The molecule has 0 saturated carbocycles. The van der Waals surface area contributed by atoms with Crippen LogP contribution in [0.25, 0.3) is 10.9 Å². The van der Waals surface area contributed by atoms with Crippen molar-refractivity contribution in [3.8, 4) is 5.75 Å². The van der Waals surface area contributed by atoms with Gasteiger partial charge in [-0.15, -0.1) is 10.2 Å². The highest BCUT2D eigenvalue weighted by Gasteiger charge is 2.19. The molecule has 2 aromatic carbocycles. The number of nitrogens with one attached hydrogen (secondary N) is 1. The summed E-state index contributed by atoms with van der Waals surface area (Å²) in [5, 5.41) is 22.7. The fourth-order valence-electron chi connectivity index (χ4n) is 3.57. The number of fused-ring (bicyclic) bond motifs is 1. The second kappa shape index (κ2) is 8.76. The van der Waals surface area contributed by atoms with Crippen molar-refractivity contribution in [2.45, 2.75) is 25.8 Å². The highest BCUT2D eigenvalue weighted by Crippen LogP contribution is 2.28. The van der Waals surface area contributed by atoms with Crippen LogP contribution in [-0.2, 0) is 17.7 Å². The molecular formula is C22H22ClN3O3. The Hall–Kier alpha value is -2.70. The van der Waals surface area contributed by atoms with Crippen LogP contribution in [0.2, 0.25) is 5.02 Å². The van der Waals surface area contributed by atoms with E-state index in [9.17, 15) is 9.90 Å². The standard InChI is InChI=1S/C22H22ClN3O3/c23-17-4-1-15(2-5-17)13-24-22(28)20-21(27)18-12-16(3-6-19(18)25-26-20)11-14-7-9-29-10-8-14/h1-6,12,14H,7-11,13H2,(H,24,28)(H,25,27). The molecule has 0 aliphatic carbocycles. The van der Waals surface area contributed by atoms with Crippen molar-refractivity contribution in [3.05, 3.63) is 64.3 Å². The number of halogens is 1. The summed E-state index contributed by atoms with van der Waals surface area (Å²) in [5.41, 5.74) is 2.50. The third-order valence-electron chi connectivity index (χ3n) is 5.24. The van der Waals surface area contributed by atoms with Gasteiger partial charge in [-0.2, -0.15) is 0 Å². The molecule has 0 unspecified atom stereocenters. The van der Waals surface area contributed by atoms with Gasteiger partial charge in [0, 0.05) is 30.2 Å². The lowest BCUT2D eigenvalue weighted by Gasteiger charge is -2.22. The van der Waals surface area contributed by atoms with Gasteiger partial charge in [-0.25, -0.2) is 0 Å². The molecule has 7 heteroatoms. The highest BCUT2D eigenvalue weighted by atomic mass is 35.5. The molecule has 6 nitrogen and oxygen atoms in total. The van der Waals surface area contributed by atoms with Gasteiger partial charge in [-0.1, -0.05) is 29.8 Å². The first-order valence-corrected chi connectivity index (χ1v) is 10.1. The predicted molar refractivity (Wildman–Crippen MR) is 111 cm³/mol. The lowest BCUT2D eigenvalue weighted by molar-refractivity contribution is 0.0665. The Balaban J connectivity index is 1.52. The minimum absolute atomic E-state index is 0.0744. The van der Waals surface area contributed by atoms with E-state index in [-0.39, 0.29) is 11.4 Å². The van der Waals surface area contributed by atoms with E-state index in [4.69, 9.17) is 16.3 Å². The van der Waals surface area contributed by atoms with Gasteiger partial charge in [0.15, 0.2) is 11.4 Å². The molecule has 0 radical (unpaired) electrons. The molecule has 0 spiro atoms. The molecule has 0 atom stereocenters. The van der Waals surface area contributed by atoms with Crippen molar-refractivity contribution in [3.63, 3.8) is 0 Å². The van der Waals surface area contributed by atoms with Crippen LogP contribution in [0.4, 0.5) is 0 Å². The van der Waals surface area contributed by atoms with Gasteiger partial charge in [0.05, 0.1) is 5.52 Å². The second-order valence-corrected chi connectivity index (χ2v) is 7.75. The van der Waals surface area contributed by atoms with Gasteiger partial charge in [-0.3, -0.25) is 4.79 Å². The minimum atomic E-state index is -0.471. The number of amides is 1. The third kappa shape index (κ3) is 4.66. The first kappa shape index (κ1) is 19.6. The van der Waals surface area contributed by atoms with Gasteiger partial charge >= 0.3 is 0 Å². The van der Waals surface area contributed by atoms with Crippen LogP contribution in [-0.4, -0.2) is 34.4 Å². The largest absolute Gasteiger partial charge is 0.505 e. The fraction of sp³-hybridized carbons (Fsp3) is 0.318. The van der Waals surface area contributed by atoms with E-state index in [0.717, 1.165) is 43.6 Å². The number of aromatic nitrogens is 2. The predicted octanol–water partition coefficient (Wildman–Crippen LogP) is 3.89. The van der Waals surface area contributed by atoms with Crippen LogP contribution in [0.1, 0.15) is 34.5 Å². The summed E-state index contributed by atoms with van der Waals surface area (Å²) in [7, 11) is 0. The summed E-state index contributed by atoms with van der Waals surface area (Å²) in [6.07, 6.45) is 2.99. The maximum Gasteiger partial charge on any atom is 0.275 e. The summed E-state index contributed by atoms with van der Waals surface area (Å²) >= 11 is 5.88. The van der Waals surface area contributed by atoms with Crippen LogP contribution in [0, 0.1) is 5.92 Å². The minimum Gasteiger partial charge on any atom is -0.505 e. The number of aromatic hydroxyl groups is 1. The van der Waals surface area contributed by atoms with Gasteiger partial charge in [0.25, 0.3) is 5.91 Å². The molecule has 4 rings (SSSR count). The molecule has 1 aromatic heterocycles. The average Bonchev–Trinajstić information content (AvgIpc) is 2.74. The molecule has 29 heavy (non-hydrogen) atoms. The highest BCUT2D eigenvalue weighted by molar-refractivity contribution is 6.30. The van der Waals surface area contributed by atoms with E-state index in [1.54, 1.807) is 12.1 Å². The van der Waals surface area contributed by atoms with E-state index in [2.05, 4.69) is 15.5 Å². The molecule has 1 saturated heterocycles. The quantitative estimate of drug-likeness (QED) is 0.665. The summed E-state index contributed by atoms with van der Waals surface area (Å²) in [5.74, 6) is -0.0422. The Morgan fingerprint density at radius 2 is 1.83 bits per heavy atom. The molecular weight excluding hydrogens is 390 g/mol. The van der Waals surface area contributed by atoms with Crippen LogP contribution >= 0.6 is 11.6 Å². The van der Waals surface area contributed by atoms with Crippen LogP contribution in [0.5, 0.6) is 5.75 Å². The van der Waals surface area contributed by atoms with E-state index < -0.39 is 5.91 Å². The van der Waals surface area contributed by atoms with Gasteiger partial charge in [0.1, 0.15) is 0 Å². The number of ether oxygens (including phenoxy) is 1. The molecule has 2 heterocycles. The Morgan fingerprint density at radius 3 is 2.59 bits per heavy atom. The molecule has 1 amide bonds. The first-order chi connectivity index (χ1) is 14.1. The van der Waals surface area contributed by atoms with Crippen molar-refractivity contribution in [1.29, 1.82) is 0 Å². The van der Waals surface area contributed by atoms with Gasteiger partial charge in [-0.05, 0) is 60.6 Å². The van der Waals surface area contributed by atoms with Gasteiger partial charge < -0.3 is 15.2 Å². The lowest BCUT2D eigenvalue weighted by Crippen LogP contribution is -2.24. The number of benzene rings is 2.